The smallest absolute Gasteiger partial charge is 0.247 e. The first-order valence-electron chi connectivity index (χ1n) is 8.49. The van der Waals surface area contributed by atoms with Crippen molar-refractivity contribution in [3.8, 4) is 0 Å². The van der Waals surface area contributed by atoms with Crippen LogP contribution in [0.4, 0.5) is 5.82 Å². The molecule has 1 atom stereocenters. The second-order valence-electron chi connectivity index (χ2n) is 6.13. The fourth-order valence-corrected chi connectivity index (χ4v) is 3.53. The van der Waals surface area contributed by atoms with E-state index >= 15 is 0 Å². The molecule has 1 N–H and O–H groups in total. The van der Waals surface area contributed by atoms with E-state index in [0.717, 1.165) is 22.7 Å². The Balaban J connectivity index is 1.81. The number of hydrogen-bond donors (Lipinski definition) is 1. The molecule has 0 bridgehead atoms. The van der Waals surface area contributed by atoms with E-state index in [0.29, 0.717) is 18.1 Å². The minimum Gasteiger partial charge on any atom is -0.360 e. The standard InChI is InChI=1S/C19H22N4O2S/c1-4-17-20-15(12-26-17)11-23(3)18(14-8-6-5-7-9-14)19(24)21-16-10-13(2)25-22-16/h5-10,12,18H,4,11H2,1-3H3,(H,21,22,24). The van der Waals surface area contributed by atoms with E-state index in [4.69, 9.17) is 4.52 Å². The first-order valence-corrected chi connectivity index (χ1v) is 9.37. The predicted octanol–water partition coefficient (Wildman–Crippen LogP) is 3.81. The Morgan fingerprint density at radius 2 is 2.12 bits per heavy atom. The van der Waals surface area contributed by atoms with Crippen LogP contribution in [0.1, 0.15) is 35.0 Å². The zero-order chi connectivity index (χ0) is 18.5. The number of carbonyl (C=O) groups excluding carboxylic acids is 1. The number of hydrogen-bond acceptors (Lipinski definition) is 6. The molecule has 2 heterocycles. The van der Waals surface area contributed by atoms with E-state index < -0.39 is 6.04 Å². The average molecular weight is 370 g/mol. The van der Waals surface area contributed by atoms with Crippen molar-refractivity contribution >= 4 is 23.1 Å². The molecule has 0 aliphatic carbocycles. The summed E-state index contributed by atoms with van der Waals surface area (Å²) in [5.41, 5.74) is 1.89. The van der Waals surface area contributed by atoms with Crippen LogP contribution < -0.4 is 5.32 Å². The molecule has 26 heavy (non-hydrogen) atoms. The topological polar surface area (TPSA) is 71.3 Å². The Morgan fingerprint density at radius 1 is 1.35 bits per heavy atom. The van der Waals surface area contributed by atoms with Crippen LogP contribution >= 0.6 is 11.3 Å². The summed E-state index contributed by atoms with van der Waals surface area (Å²) in [5.74, 6) is 0.918. The summed E-state index contributed by atoms with van der Waals surface area (Å²) in [7, 11) is 1.93. The Hall–Kier alpha value is -2.51. The second kappa shape index (κ2) is 8.25. The first kappa shape index (κ1) is 18.3. The second-order valence-corrected chi connectivity index (χ2v) is 7.07. The average Bonchev–Trinajstić information content (AvgIpc) is 3.24. The molecule has 7 heteroatoms. The SMILES string of the molecule is CCc1nc(CN(C)C(C(=O)Nc2cc(C)on2)c2ccccc2)cs1. The van der Waals surface area contributed by atoms with E-state index in [1.165, 1.54) is 0 Å². The molecule has 0 aliphatic heterocycles. The summed E-state index contributed by atoms with van der Waals surface area (Å²) in [4.78, 5) is 19.6. The summed E-state index contributed by atoms with van der Waals surface area (Å²) in [6.07, 6.45) is 0.919. The summed E-state index contributed by atoms with van der Waals surface area (Å²) >= 11 is 1.65. The molecule has 1 amide bonds. The van der Waals surface area contributed by atoms with Crippen LogP contribution in [0.3, 0.4) is 0 Å². The quantitative estimate of drug-likeness (QED) is 0.685. The van der Waals surface area contributed by atoms with E-state index in [-0.39, 0.29) is 5.91 Å². The van der Waals surface area contributed by atoms with Crippen molar-refractivity contribution in [3.63, 3.8) is 0 Å². The number of amides is 1. The van der Waals surface area contributed by atoms with Gasteiger partial charge in [0.05, 0.1) is 10.7 Å². The predicted molar refractivity (Wildman–Crippen MR) is 102 cm³/mol. The molecule has 0 saturated carbocycles. The third kappa shape index (κ3) is 4.36. The molecule has 136 valence electrons. The number of likely N-dealkylation sites (N-methyl/N-ethyl adjacent to an activating group) is 1. The molecule has 1 aromatic carbocycles. The van der Waals surface area contributed by atoms with Crippen molar-refractivity contribution in [1.82, 2.24) is 15.0 Å². The number of carbonyl (C=O) groups is 1. The van der Waals surface area contributed by atoms with Crippen molar-refractivity contribution in [1.29, 1.82) is 0 Å². The number of aromatic nitrogens is 2. The number of thiazole rings is 1. The maximum Gasteiger partial charge on any atom is 0.247 e. The van der Waals surface area contributed by atoms with Crippen LogP contribution in [0, 0.1) is 6.92 Å². The van der Waals surface area contributed by atoms with Crippen molar-refractivity contribution < 1.29 is 9.32 Å². The zero-order valence-corrected chi connectivity index (χ0v) is 15.9. The van der Waals surface area contributed by atoms with Crippen molar-refractivity contribution in [2.75, 3.05) is 12.4 Å². The lowest BCUT2D eigenvalue weighted by Gasteiger charge is -2.26. The highest BCUT2D eigenvalue weighted by Gasteiger charge is 2.26. The number of aryl methyl sites for hydroxylation is 2. The number of nitrogens with zero attached hydrogens (tertiary/aromatic N) is 3. The molecule has 3 rings (SSSR count). The van der Waals surface area contributed by atoms with Gasteiger partial charge in [-0.1, -0.05) is 42.4 Å². The fraction of sp³-hybridized carbons (Fsp3) is 0.316. The summed E-state index contributed by atoms with van der Waals surface area (Å²) < 4.78 is 5.04. The minimum absolute atomic E-state index is 0.155. The molecule has 1 unspecified atom stereocenters. The third-order valence-corrected chi connectivity index (χ3v) is 5.04. The highest BCUT2D eigenvalue weighted by Crippen LogP contribution is 2.24. The van der Waals surface area contributed by atoms with E-state index in [9.17, 15) is 4.79 Å². The molecule has 6 nitrogen and oxygen atoms in total. The van der Waals surface area contributed by atoms with Gasteiger partial charge < -0.3 is 9.84 Å². The Bertz CT molecular complexity index is 859. The zero-order valence-electron chi connectivity index (χ0n) is 15.1. The van der Waals surface area contributed by atoms with Gasteiger partial charge >= 0.3 is 0 Å². The Kier molecular flexibility index (Phi) is 5.80. The molecule has 0 spiro atoms. The number of benzene rings is 1. The highest BCUT2D eigenvalue weighted by atomic mass is 32.1. The lowest BCUT2D eigenvalue weighted by atomic mass is 10.0. The Labute approximate surface area is 156 Å². The van der Waals surface area contributed by atoms with Crippen LogP contribution in [0.5, 0.6) is 0 Å². The van der Waals surface area contributed by atoms with Gasteiger partial charge in [-0.15, -0.1) is 11.3 Å². The van der Waals surface area contributed by atoms with Gasteiger partial charge in [0.1, 0.15) is 11.8 Å². The van der Waals surface area contributed by atoms with E-state index in [1.807, 2.05) is 42.3 Å². The molecule has 0 aliphatic rings. The van der Waals surface area contributed by atoms with Gasteiger partial charge in [0.2, 0.25) is 5.91 Å². The molecule has 0 fully saturated rings. The molecule has 0 saturated heterocycles. The van der Waals surface area contributed by atoms with Gasteiger partial charge in [0.15, 0.2) is 5.82 Å². The number of nitrogens with one attached hydrogen (secondary N) is 1. The van der Waals surface area contributed by atoms with Gasteiger partial charge in [-0.25, -0.2) is 4.98 Å². The molecule has 0 radical (unpaired) electrons. The summed E-state index contributed by atoms with van der Waals surface area (Å²) in [6.45, 7) is 4.46. The van der Waals surface area contributed by atoms with Crippen LogP contribution in [0.25, 0.3) is 0 Å². The monoisotopic (exact) mass is 370 g/mol. The van der Waals surface area contributed by atoms with Gasteiger partial charge in [0, 0.05) is 18.0 Å². The van der Waals surface area contributed by atoms with Crippen molar-refractivity contribution in [2.24, 2.45) is 0 Å². The van der Waals surface area contributed by atoms with Crippen LogP contribution in [-0.2, 0) is 17.8 Å². The van der Waals surface area contributed by atoms with Crippen molar-refractivity contribution in [2.45, 2.75) is 32.9 Å². The molecule has 2 aromatic heterocycles. The molecular formula is C19H22N4O2S. The lowest BCUT2D eigenvalue weighted by molar-refractivity contribution is -0.121. The molecular weight excluding hydrogens is 348 g/mol. The summed E-state index contributed by atoms with van der Waals surface area (Å²) in [5, 5.41) is 9.85. The highest BCUT2D eigenvalue weighted by molar-refractivity contribution is 7.09. The van der Waals surface area contributed by atoms with Crippen LogP contribution in [0.15, 0.2) is 46.3 Å². The van der Waals surface area contributed by atoms with E-state index in [2.05, 4.69) is 27.8 Å². The Morgan fingerprint density at radius 3 is 2.73 bits per heavy atom. The maximum absolute atomic E-state index is 13.0. The van der Waals surface area contributed by atoms with Crippen molar-refractivity contribution in [3.05, 3.63) is 63.8 Å². The van der Waals surface area contributed by atoms with E-state index in [1.54, 1.807) is 24.3 Å². The lowest BCUT2D eigenvalue weighted by Crippen LogP contribution is -2.34. The molecule has 3 aromatic rings. The fourth-order valence-electron chi connectivity index (χ4n) is 2.79. The number of rotatable bonds is 7. The van der Waals surface area contributed by atoms with Gasteiger partial charge in [-0.05, 0) is 26.0 Å². The first-order chi connectivity index (χ1) is 12.6. The van der Waals surface area contributed by atoms with Crippen LogP contribution in [0.2, 0.25) is 0 Å². The van der Waals surface area contributed by atoms with Crippen LogP contribution in [-0.4, -0.2) is 28.0 Å². The largest absolute Gasteiger partial charge is 0.360 e. The number of anilines is 1. The normalized spacial score (nSPS) is 12.3. The minimum atomic E-state index is -0.458. The van der Waals surface area contributed by atoms with Gasteiger partial charge in [0.25, 0.3) is 0 Å². The van der Waals surface area contributed by atoms with Gasteiger partial charge in [-0.3, -0.25) is 9.69 Å². The summed E-state index contributed by atoms with van der Waals surface area (Å²) in [6, 6.07) is 10.9. The van der Waals surface area contributed by atoms with Gasteiger partial charge in [-0.2, -0.15) is 0 Å². The third-order valence-electron chi connectivity index (χ3n) is 4.00. The maximum atomic E-state index is 13.0.